The van der Waals surface area contributed by atoms with Crippen molar-refractivity contribution in [3.63, 3.8) is 0 Å². The SMILES string of the molecule is CC(C)n1ccc(C2C(c3ccccn3)NC(=S)N2CCC(=O)Nc2ccccc2F)c1. The Morgan fingerprint density at radius 3 is 2.69 bits per heavy atom. The molecule has 2 atom stereocenters. The number of nitrogens with one attached hydrogen (secondary N) is 2. The molecule has 1 aliphatic heterocycles. The van der Waals surface area contributed by atoms with Crippen LogP contribution in [-0.2, 0) is 4.79 Å². The van der Waals surface area contributed by atoms with Crippen LogP contribution < -0.4 is 10.6 Å². The van der Waals surface area contributed by atoms with Gasteiger partial charge in [-0.1, -0.05) is 18.2 Å². The predicted molar refractivity (Wildman–Crippen MR) is 127 cm³/mol. The molecule has 2 N–H and O–H groups in total. The Kier molecular flexibility index (Phi) is 6.50. The molecule has 0 radical (unpaired) electrons. The number of aromatic nitrogens is 2. The Labute approximate surface area is 192 Å². The molecular formula is C24H26FN5OS. The summed E-state index contributed by atoms with van der Waals surface area (Å²) in [5.74, 6) is -0.722. The third kappa shape index (κ3) is 4.65. The number of hydrogen-bond acceptors (Lipinski definition) is 3. The second-order valence-electron chi connectivity index (χ2n) is 8.08. The van der Waals surface area contributed by atoms with Crippen LogP contribution in [0.1, 0.15) is 49.7 Å². The number of rotatable bonds is 7. The van der Waals surface area contributed by atoms with Crippen LogP contribution in [0.15, 0.2) is 67.1 Å². The van der Waals surface area contributed by atoms with E-state index in [0.29, 0.717) is 17.7 Å². The Morgan fingerprint density at radius 1 is 1.22 bits per heavy atom. The van der Waals surface area contributed by atoms with Gasteiger partial charge in [0.1, 0.15) is 5.82 Å². The van der Waals surface area contributed by atoms with E-state index in [9.17, 15) is 9.18 Å². The number of para-hydroxylation sites is 1. The van der Waals surface area contributed by atoms with Gasteiger partial charge in [0.2, 0.25) is 5.91 Å². The Hall–Kier alpha value is -3.26. The lowest BCUT2D eigenvalue weighted by Crippen LogP contribution is -2.32. The van der Waals surface area contributed by atoms with Gasteiger partial charge in [-0.05, 0) is 62.0 Å². The molecule has 1 amide bonds. The summed E-state index contributed by atoms with van der Waals surface area (Å²) < 4.78 is 16.0. The molecule has 0 spiro atoms. The Bertz CT molecular complexity index is 1100. The highest BCUT2D eigenvalue weighted by atomic mass is 32.1. The average molecular weight is 452 g/mol. The lowest BCUT2D eigenvalue weighted by atomic mass is 9.99. The highest BCUT2D eigenvalue weighted by molar-refractivity contribution is 7.80. The molecule has 1 aliphatic rings. The predicted octanol–water partition coefficient (Wildman–Crippen LogP) is 4.60. The summed E-state index contributed by atoms with van der Waals surface area (Å²) in [7, 11) is 0. The molecule has 1 aromatic carbocycles. The van der Waals surface area contributed by atoms with Crippen LogP contribution in [0.4, 0.5) is 10.1 Å². The van der Waals surface area contributed by atoms with E-state index in [4.69, 9.17) is 12.2 Å². The lowest BCUT2D eigenvalue weighted by molar-refractivity contribution is -0.116. The number of pyridine rings is 1. The first kappa shape index (κ1) is 22.0. The molecule has 8 heteroatoms. The van der Waals surface area contributed by atoms with Crippen LogP contribution in [0.5, 0.6) is 0 Å². The number of carbonyl (C=O) groups is 1. The van der Waals surface area contributed by atoms with Gasteiger partial charge in [0.15, 0.2) is 5.11 Å². The zero-order chi connectivity index (χ0) is 22.7. The van der Waals surface area contributed by atoms with E-state index in [1.54, 1.807) is 24.4 Å². The van der Waals surface area contributed by atoms with E-state index in [2.05, 4.69) is 52.5 Å². The standard InChI is InChI=1S/C24H26FN5OS/c1-16(2)29-13-10-17(15-29)23-22(20-9-5-6-12-26-20)28-24(32)30(23)14-11-21(31)27-19-8-4-3-7-18(19)25/h3-10,12-13,15-16,22-23H,11,14H2,1-2H3,(H,27,31)(H,28,32). The van der Waals surface area contributed by atoms with Gasteiger partial charge in [-0.25, -0.2) is 4.39 Å². The molecule has 166 valence electrons. The summed E-state index contributed by atoms with van der Waals surface area (Å²) in [6.07, 6.45) is 6.11. The molecule has 6 nitrogen and oxygen atoms in total. The van der Waals surface area contributed by atoms with Crippen LogP contribution in [-0.4, -0.2) is 32.0 Å². The van der Waals surface area contributed by atoms with Crippen molar-refractivity contribution in [1.82, 2.24) is 19.8 Å². The molecule has 1 fully saturated rings. The van der Waals surface area contributed by atoms with E-state index in [1.165, 1.54) is 6.07 Å². The second kappa shape index (κ2) is 9.48. The molecule has 0 aliphatic carbocycles. The van der Waals surface area contributed by atoms with Crippen molar-refractivity contribution >= 4 is 28.9 Å². The molecule has 0 saturated carbocycles. The van der Waals surface area contributed by atoms with Crippen LogP contribution >= 0.6 is 12.2 Å². The molecule has 2 unspecified atom stereocenters. The van der Waals surface area contributed by atoms with Gasteiger partial charge in [-0.15, -0.1) is 0 Å². The van der Waals surface area contributed by atoms with Crippen LogP contribution in [0.25, 0.3) is 0 Å². The van der Waals surface area contributed by atoms with Gasteiger partial charge in [-0.2, -0.15) is 0 Å². The van der Waals surface area contributed by atoms with E-state index < -0.39 is 5.82 Å². The third-order valence-electron chi connectivity index (χ3n) is 5.60. The minimum absolute atomic E-state index is 0.112. The fourth-order valence-electron chi connectivity index (χ4n) is 3.93. The van der Waals surface area contributed by atoms with E-state index in [0.717, 1.165) is 11.3 Å². The van der Waals surface area contributed by atoms with Crippen LogP contribution in [0, 0.1) is 5.82 Å². The fourth-order valence-corrected chi connectivity index (χ4v) is 4.27. The summed E-state index contributed by atoms with van der Waals surface area (Å²) >= 11 is 5.64. The van der Waals surface area contributed by atoms with Crippen molar-refractivity contribution in [3.05, 3.63) is 84.2 Å². The second-order valence-corrected chi connectivity index (χ2v) is 8.47. The summed E-state index contributed by atoms with van der Waals surface area (Å²) in [4.78, 5) is 19.1. The van der Waals surface area contributed by atoms with Gasteiger partial charge >= 0.3 is 0 Å². The maximum absolute atomic E-state index is 13.9. The third-order valence-corrected chi connectivity index (χ3v) is 5.95. The normalized spacial score (nSPS) is 18.1. The smallest absolute Gasteiger partial charge is 0.226 e. The van der Waals surface area contributed by atoms with Gasteiger partial charge in [0.05, 0.1) is 23.5 Å². The number of anilines is 1. The molecule has 4 rings (SSSR count). The first-order chi connectivity index (χ1) is 15.4. The number of benzene rings is 1. The minimum atomic E-state index is -0.456. The quantitative estimate of drug-likeness (QED) is 0.514. The minimum Gasteiger partial charge on any atom is -0.352 e. The number of amides is 1. The van der Waals surface area contributed by atoms with Gasteiger partial charge in [-0.3, -0.25) is 9.78 Å². The average Bonchev–Trinajstić information content (AvgIpc) is 3.39. The van der Waals surface area contributed by atoms with Crippen LogP contribution in [0.2, 0.25) is 0 Å². The van der Waals surface area contributed by atoms with E-state index >= 15 is 0 Å². The van der Waals surface area contributed by atoms with Gasteiger partial charge < -0.3 is 20.1 Å². The van der Waals surface area contributed by atoms with E-state index in [-0.39, 0.29) is 30.1 Å². The summed E-state index contributed by atoms with van der Waals surface area (Å²) in [5.41, 5.74) is 2.16. The largest absolute Gasteiger partial charge is 0.352 e. The van der Waals surface area contributed by atoms with Crippen molar-refractivity contribution in [3.8, 4) is 0 Å². The van der Waals surface area contributed by atoms with Crippen molar-refractivity contribution in [2.75, 3.05) is 11.9 Å². The summed E-state index contributed by atoms with van der Waals surface area (Å²) in [6.45, 7) is 4.65. The Morgan fingerprint density at radius 2 is 2.00 bits per heavy atom. The number of carbonyl (C=O) groups excluding carboxylic acids is 1. The summed E-state index contributed by atoms with van der Waals surface area (Å²) in [5, 5.41) is 6.60. The van der Waals surface area contributed by atoms with Gasteiger partial charge in [0.25, 0.3) is 0 Å². The first-order valence-electron chi connectivity index (χ1n) is 10.6. The number of halogens is 1. The highest BCUT2D eigenvalue weighted by Gasteiger charge is 2.40. The fraction of sp³-hybridized carbons (Fsp3) is 0.292. The Balaban J connectivity index is 1.55. The number of hydrogen-bond donors (Lipinski definition) is 2. The topological polar surface area (TPSA) is 62.2 Å². The summed E-state index contributed by atoms with van der Waals surface area (Å²) in [6, 6.07) is 14.1. The molecule has 32 heavy (non-hydrogen) atoms. The lowest BCUT2D eigenvalue weighted by Gasteiger charge is -2.27. The van der Waals surface area contributed by atoms with Crippen molar-refractivity contribution in [2.45, 2.75) is 38.4 Å². The van der Waals surface area contributed by atoms with Gasteiger partial charge in [0, 0.05) is 37.6 Å². The van der Waals surface area contributed by atoms with Crippen molar-refractivity contribution < 1.29 is 9.18 Å². The molecule has 0 bridgehead atoms. The first-order valence-corrected chi connectivity index (χ1v) is 11.0. The molecule has 2 aromatic heterocycles. The molecular weight excluding hydrogens is 425 g/mol. The van der Waals surface area contributed by atoms with Crippen molar-refractivity contribution in [2.24, 2.45) is 0 Å². The highest BCUT2D eigenvalue weighted by Crippen LogP contribution is 2.39. The molecule has 1 saturated heterocycles. The van der Waals surface area contributed by atoms with E-state index in [1.807, 2.05) is 23.1 Å². The van der Waals surface area contributed by atoms with Crippen molar-refractivity contribution in [1.29, 1.82) is 0 Å². The molecule has 3 aromatic rings. The molecule has 3 heterocycles. The number of thiocarbonyl (C=S) groups is 1. The monoisotopic (exact) mass is 451 g/mol. The van der Waals surface area contributed by atoms with Crippen LogP contribution in [0.3, 0.4) is 0 Å². The zero-order valence-electron chi connectivity index (χ0n) is 18.0. The maximum Gasteiger partial charge on any atom is 0.226 e. The maximum atomic E-state index is 13.9. The number of nitrogens with zero attached hydrogens (tertiary/aromatic N) is 3. The zero-order valence-corrected chi connectivity index (χ0v) is 18.8.